The molecule has 0 bridgehead atoms. The van der Waals surface area contributed by atoms with Gasteiger partial charge in [0.2, 0.25) is 5.91 Å². The molecule has 1 aliphatic carbocycles. The Hall–Kier alpha value is -2.75. The highest BCUT2D eigenvalue weighted by atomic mass is 79.9. The van der Waals surface area contributed by atoms with Crippen molar-refractivity contribution >= 4 is 61.5 Å². The molecule has 2 aliphatic rings. The summed E-state index contributed by atoms with van der Waals surface area (Å²) in [5.74, 6) is 1.81. The highest BCUT2D eigenvalue weighted by molar-refractivity contribution is 9.09. The van der Waals surface area contributed by atoms with Gasteiger partial charge in [0.05, 0.1) is 36.0 Å². The van der Waals surface area contributed by atoms with E-state index in [0.717, 1.165) is 13.2 Å². The number of hydrogen-bond acceptors (Lipinski definition) is 6. The third-order valence-electron chi connectivity index (χ3n) is 6.10. The topological polar surface area (TPSA) is 85.4 Å². The second kappa shape index (κ2) is 9.85. The van der Waals surface area contributed by atoms with Crippen LogP contribution in [-0.2, 0) is 9.53 Å². The Kier molecular flexibility index (Phi) is 6.67. The number of amides is 1. The van der Waals surface area contributed by atoms with Crippen molar-refractivity contribution in [3.63, 3.8) is 0 Å². The fourth-order valence-electron chi connectivity index (χ4n) is 4.23. The van der Waals surface area contributed by atoms with Gasteiger partial charge in [-0.2, -0.15) is 0 Å². The molecular weight excluding hydrogens is 527 g/mol. The predicted octanol–water partition coefficient (Wildman–Crippen LogP) is 5.33. The molecule has 1 aromatic heterocycles. The standard InChI is InChI=1S/C24H21BrClFN4O3/c25-5-1-2-23(32)31-21-7-14-20(8-22(21)34-11-17-15-9-33-10-16(15)17)28-12-29-24(14)30-13-3-4-19(27)18(26)6-13/h1-4,6-8,12,15-17H,5,9-11H2,(H,31,32)(H,28,29,30)/b2-1+/t15-,16?,17?/m0/s1. The summed E-state index contributed by atoms with van der Waals surface area (Å²) in [5, 5.41) is 7.26. The van der Waals surface area contributed by atoms with E-state index in [1.807, 2.05) is 0 Å². The van der Waals surface area contributed by atoms with Crippen LogP contribution in [-0.4, -0.2) is 41.0 Å². The predicted molar refractivity (Wildman–Crippen MR) is 133 cm³/mol. The molecule has 3 atom stereocenters. The summed E-state index contributed by atoms with van der Waals surface area (Å²) in [6.07, 6.45) is 4.59. The third-order valence-corrected chi connectivity index (χ3v) is 6.76. The van der Waals surface area contributed by atoms with Crippen LogP contribution in [0.25, 0.3) is 10.9 Å². The summed E-state index contributed by atoms with van der Waals surface area (Å²) in [5.41, 5.74) is 1.71. The van der Waals surface area contributed by atoms with Crippen molar-refractivity contribution in [2.45, 2.75) is 0 Å². The minimum Gasteiger partial charge on any atom is -0.491 e. The van der Waals surface area contributed by atoms with Crippen LogP contribution in [0.4, 0.5) is 21.6 Å². The quantitative estimate of drug-likeness (QED) is 0.293. The highest BCUT2D eigenvalue weighted by Gasteiger charge is 2.54. The van der Waals surface area contributed by atoms with Crippen LogP contribution in [0, 0.1) is 23.6 Å². The molecule has 1 aliphatic heterocycles. The van der Waals surface area contributed by atoms with E-state index in [0.29, 0.717) is 63.5 Å². The van der Waals surface area contributed by atoms with Crippen LogP contribution in [0.3, 0.4) is 0 Å². The van der Waals surface area contributed by atoms with Crippen molar-refractivity contribution < 1.29 is 18.7 Å². The van der Waals surface area contributed by atoms with Crippen molar-refractivity contribution in [3.05, 3.63) is 59.7 Å². The van der Waals surface area contributed by atoms with Gasteiger partial charge in [0.1, 0.15) is 23.7 Å². The minimum absolute atomic E-state index is 0.000761. The largest absolute Gasteiger partial charge is 0.491 e. The molecule has 7 nitrogen and oxygen atoms in total. The van der Waals surface area contributed by atoms with Gasteiger partial charge in [-0.25, -0.2) is 14.4 Å². The van der Waals surface area contributed by atoms with Crippen LogP contribution >= 0.6 is 27.5 Å². The smallest absolute Gasteiger partial charge is 0.248 e. The van der Waals surface area contributed by atoms with Crippen molar-refractivity contribution in [2.75, 3.05) is 35.8 Å². The lowest BCUT2D eigenvalue weighted by Crippen LogP contribution is -2.12. The number of nitrogens with one attached hydrogen (secondary N) is 2. The molecule has 2 fully saturated rings. The maximum absolute atomic E-state index is 13.6. The van der Waals surface area contributed by atoms with E-state index in [1.54, 1.807) is 24.3 Å². The van der Waals surface area contributed by atoms with Gasteiger partial charge in [-0.3, -0.25) is 4.79 Å². The first-order chi connectivity index (χ1) is 16.5. The van der Waals surface area contributed by atoms with Crippen LogP contribution in [0.2, 0.25) is 5.02 Å². The Morgan fingerprint density at radius 3 is 2.85 bits per heavy atom. The second-order valence-corrected chi connectivity index (χ2v) is 9.28. The first kappa shape index (κ1) is 23.0. The molecule has 1 saturated heterocycles. The lowest BCUT2D eigenvalue weighted by atomic mass is 10.1. The Morgan fingerprint density at radius 2 is 2.09 bits per heavy atom. The highest BCUT2D eigenvalue weighted by Crippen LogP contribution is 2.51. The van der Waals surface area contributed by atoms with Gasteiger partial charge in [0.15, 0.2) is 0 Å². The lowest BCUT2D eigenvalue weighted by Gasteiger charge is -2.15. The molecule has 3 aromatic rings. The lowest BCUT2D eigenvalue weighted by molar-refractivity contribution is -0.111. The second-order valence-electron chi connectivity index (χ2n) is 8.23. The molecule has 2 heterocycles. The number of hydrogen-bond donors (Lipinski definition) is 2. The molecule has 5 rings (SSSR count). The monoisotopic (exact) mass is 546 g/mol. The molecule has 0 spiro atoms. The van der Waals surface area contributed by atoms with E-state index in [-0.39, 0.29) is 10.9 Å². The van der Waals surface area contributed by atoms with Gasteiger partial charge < -0.3 is 20.1 Å². The van der Waals surface area contributed by atoms with Crippen molar-refractivity contribution in [2.24, 2.45) is 17.8 Å². The van der Waals surface area contributed by atoms with Crippen LogP contribution in [0.15, 0.2) is 48.8 Å². The van der Waals surface area contributed by atoms with E-state index >= 15 is 0 Å². The van der Waals surface area contributed by atoms with Crippen molar-refractivity contribution in [1.82, 2.24) is 9.97 Å². The molecule has 2 unspecified atom stereocenters. The number of fused-ring (bicyclic) bond motifs is 2. The van der Waals surface area contributed by atoms with Crippen molar-refractivity contribution in [1.29, 1.82) is 0 Å². The van der Waals surface area contributed by atoms with Crippen LogP contribution in [0.1, 0.15) is 0 Å². The number of rotatable bonds is 8. The van der Waals surface area contributed by atoms with Gasteiger partial charge in [0, 0.05) is 34.5 Å². The van der Waals surface area contributed by atoms with Gasteiger partial charge >= 0.3 is 0 Å². The van der Waals surface area contributed by atoms with Gasteiger partial charge in [-0.05, 0) is 36.1 Å². The van der Waals surface area contributed by atoms with E-state index < -0.39 is 5.82 Å². The number of benzene rings is 2. The fraction of sp³-hybridized carbons (Fsp3) is 0.292. The first-order valence-corrected chi connectivity index (χ1v) is 12.3. The summed E-state index contributed by atoms with van der Waals surface area (Å²) in [4.78, 5) is 21.1. The number of carbonyl (C=O) groups is 1. The molecule has 0 radical (unpaired) electrons. The first-order valence-electron chi connectivity index (χ1n) is 10.8. The SMILES string of the molecule is O=C(/C=C/CBr)Nc1cc2c(Nc3ccc(F)c(Cl)c3)ncnc2cc1OCC1C2COC[C@@H]21. The Balaban J connectivity index is 1.46. The molecule has 2 N–H and O–H groups in total. The molecule has 176 valence electrons. The summed E-state index contributed by atoms with van der Waals surface area (Å²) >= 11 is 9.19. The maximum atomic E-state index is 13.6. The number of ether oxygens (including phenoxy) is 2. The molecule has 10 heteroatoms. The number of anilines is 3. The fourth-order valence-corrected chi connectivity index (χ4v) is 4.60. The average Bonchev–Trinajstić information content (AvgIpc) is 3.24. The van der Waals surface area contributed by atoms with E-state index in [9.17, 15) is 9.18 Å². The number of nitrogens with zero attached hydrogens (tertiary/aromatic N) is 2. The zero-order valence-electron chi connectivity index (χ0n) is 17.9. The zero-order valence-corrected chi connectivity index (χ0v) is 20.3. The Morgan fingerprint density at radius 1 is 1.26 bits per heavy atom. The minimum atomic E-state index is -0.505. The van der Waals surface area contributed by atoms with Crippen LogP contribution in [0.5, 0.6) is 5.75 Å². The van der Waals surface area contributed by atoms with E-state index in [2.05, 4.69) is 36.5 Å². The number of carbonyl (C=O) groups excluding carboxylic acids is 1. The Labute approximate surface area is 208 Å². The van der Waals surface area contributed by atoms with E-state index in [1.165, 1.54) is 24.5 Å². The molecule has 2 aromatic carbocycles. The van der Waals surface area contributed by atoms with Crippen molar-refractivity contribution in [3.8, 4) is 5.75 Å². The Bertz CT molecular complexity index is 1260. The summed E-state index contributed by atoms with van der Waals surface area (Å²) in [7, 11) is 0. The number of alkyl halides is 1. The van der Waals surface area contributed by atoms with Gasteiger partial charge in [-0.1, -0.05) is 33.6 Å². The molecule has 1 saturated carbocycles. The summed E-state index contributed by atoms with van der Waals surface area (Å²) in [6, 6.07) is 7.89. The molecule has 1 amide bonds. The molecular formula is C24H21BrClFN4O3. The average molecular weight is 548 g/mol. The molecule has 34 heavy (non-hydrogen) atoms. The van der Waals surface area contributed by atoms with Crippen LogP contribution < -0.4 is 15.4 Å². The van der Waals surface area contributed by atoms with Gasteiger partial charge in [-0.15, -0.1) is 0 Å². The number of halogens is 3. The number of aromatic nitrogens is 2. The third kappa shape index (κ3) is 4.87. The van der Waals surface area contributed by atoms with Gasteiger partial charge in [0.25, 0.3) is 0 Å². The van der Waals surface area contributed by atoms with E-state index in [4.69, 9.17) is 21.1 Å². The maximum Gasteiger partial charge on any atom is 0.248 e. The number of allylic oxidation sites excluding steroid dienone is 1. The normalized spacial score (nSPS) is 21.0. The zero-order chi connectivity index (χ0) is 23.7. The summed E-state index contributed by atoms with van der Waals surface area (Å²) in [6.45, 7) is 2.12. The summed E-state index contributed by atoms with van der Waals surface area (Å²) < 4.78 is 25.2.